The molecule has 6 heteroatoms. The second-order valence-electron chi connectivity index (χ2n) is 7.76. The Balaban J connectivity index is 1.62. The van der Waals surface area contributed by atoms with E-state index in [2.05, 4.69) is 42.6 Å². The molecule has 2 aliphatic rings. The van der Waals surface area contributed by atoms with Crippen molar-refractivity contribution in [1.29, 1.82) is 0 Å². The number of fused-ring (bicyclic) bond motifs is 1. The summed E-state index contributed by atoms with van der Waals surface area (Å²) in [6.07, 6.45) is 2.78. The molecule has 4 nitrogen and oxygen atoms in total. The van der Waals surface area contributed by atoms with Gasteiger partial charge in [0.1, 0.15) is 11.9 Å². The van der Waals surface area contributed by atoms with Crippen LogP contribution in [-0.2, 0) is 16.0 Å². The summed E-state index contributed by atoms with van der Waals surface area (Å²) in [4.78, 5) is 30.8. The van der Waals surface area contributed by atoms with Gasteiger partial charge in [-0.2, -0.15) is 0 Å². The summed E-state index contributed by atoms with van der Waals surface area (Å²) in [5, 5.41) is 1.50. The Morgan fingerprint density at radius 3 is 2.61 bits per heavy atom. The number of amides is 2. The molecule has 0 bridgehead atoms. The third kappa shape index (κ3) is 3.83. The molecule has 148 valence electrons. The Labute approximate surface area is 175 Å². The third-order valence-corrected chi connectivity index (χ3v) is 6.78. The first kappa shape index (κ1) is 19.5. The second-order valence-corrected chi connectivity index (χ2v) is 9.42. The molecule has 28 heavy (non-hydrogen) atoms. The summed E-state index contributed by atoms with van der Waals surface area (Å²) in [6, 6.07) is 10.6. The van der Waals surface area contributed by atoms with Crippen molar-refractivity contribution < 1.29 is 9.59 Å². The molecule has 0 saturated heterocycles. The maximum atomic E-state index is 13.3. The van der Waals surface area contributed by atoms with Gasteiger partial charge in [0, 0.05) is 17.5 Å². The van der Waals surface area contributed by atoms with Crippen LogP contribution in [-0.4, -0.2) is 46.1 Å². The lowest BCUT2D eigenvalue weighted by Gasteiger charge is -2.38. The fraction of sp³-hybridized carbons (Fsp3) is 0.455. The van der Waals surface area contributed by atoms with E-state index < -0.39 is 5.38 Å². The van der Waals surface area contributed by atoms with Crippen molar-refractivity contribution in [3.63, 3.8) is 0 Å². The van der Waals surface area contributed by atoms with E-state index in [1.54, 1.807) is 23.2 Å². The summed E-state index contributed by atoms with van der Waals surface area (Å²) in [7, 11) is 0. The molecule has 1 aromatic carbocycles. The van der Waals surface area contributed by atoms with Crippen LogP contribution in [0.25, 0.3) is 0 Å². The van der Waals surface area contributed by atoms with Crippen molar-refractivity contribution in [2.45, 2.75) is 50.6 Å². The Hall–Kier alpha value is -1.85. The van der Waals surface area contributed by atoms with Gasteiger partial charge in [0.2, 0.25) is 11.8 Å². The number of hydrogen-bond acceptors (Lipinski definition) is 3. The molecule has 1 saturated carbocycles. The molecular weight excluding hydrogens is 392 g/mol. The van der Waals surface area contributed by atoms with Gasteiger partial charge >= 0.3 is 0 Å². The monoisotopic (exact) mass is 416 g/mol. The zero-order valence-electron chi connectivity index (χ0n) is 16.2. The predicted octanol–water partition coefficient (Wildman–Crippen LogP) is 4.15. The molecule has 0 spiro atoms. The van der Waals surface area contributed by atoms with Gasteiger partial charge < -0.3 is 9.80 Å². The van der Waals surface area contributed by atoms with E-state index in [-0.39, 0.29) is 30.4 Å². The number of hydrogen-bond donors (Lipinski definition) is 0. The van der Waals surface area contributed by atoms with E-state index in [4.69, 9.17) is 11.6 Å². The van der Waals surface area contributed by atoms with Gasteiger partial charge in [-0.3, -0.25) is 9.59 Å². The van der Waals surface area contributed by atoms with Gasteiger partial charge in [0.05, 0.1) is 6.04 Å². The van der Waals surface area contributed by atoms with E-state index in [0.717, 1.165) is 24.8 Å². The largest absolute Gasteiger partial charge is 0.330 e. The van der Waals surface area contributed by atoms with Gasteiger partial charge in [0.15, 0.2) is 0 Å². The number of nitrogens with zero attached hydrogens (tertiary/aromatic N) is 2. The Morgan fingerprint density at radius 1 is 1.25 bits per heavy atom. The van der Waals surface area contributed by atoms with Crippen molar-refractivity contribution in [3.8, 4) is 0 Å². The maximum Gasteiger partial charge on any atom is 0.243 e. The van der Waals surface area contributed by atoms with Crippen molar-refractivity contribution in [1.82, 2.24) is 9.80 Å². The third-order valence-electron chi connectivity index (χ3n) is 5.60. The standard InChI is InChI=1S/C22H25ClN2O2S/c1-14-3-5-16(6-4-14)21-18-10-12-28-19(18)9-11-24(21)20(26)13-25(17-7-8-17)22(27)15(2)23/h3-6,10,12,15,17,21H,7-9,11,13H2,1-2H3/t15-,21-/m0/s1. The first-order valence-electron chi connectivity index (χ1n) is 9.82. The molecular formula is C22H25ClN2O2S. The molecule has 2 aromatic rings. The lowest BCUT2D eigenvalue weighted by atomic mass is 9.92. The van der Waals surface area contributed by atoms with Gasteiger partial charge in [-0.1, -0.05) is 29.8 Å². The number of carbonyl (C=O) groups excluding carboxylic acids is 2. The summed E-state index contributed by atoms with van der Waals surface area (Å²) in [5.74, 6) is -0.141. The second kappa shape index (κ2) is 7.88. The number of rotatable bonds is 5. The number of alkyl halides is 1. The Bertz CT molecular complexity index is 873. The molecule has 1 aliphatic heterocycles. The van der Waals surface area contributed by atoms with Gasteiger partial charge in [-0.25, -0.2) is 0 Å². The maximum absolute atomic E-state index is 13.3. The fourth-order valence-electron chi connectivity index (χ4n) is 3.93. The minimum Gasteiger partial charge on any atom is -0.330 e. The smallest absolute Gasteiger partial charge is 0.243 e. The van der Waals surface area contributed by atoms with E-state index in [9.17, 15) is 9.59 Å². The normalized spacial score (nSPS) is 19.8. The zero-order valence-corrected chi connectivity index (χ0v) is 17.8. The quantitative estimate of drug-likeness (QED) is 0.687. The topological polar surface area (TPSA) is 40.6 Å². The highest BCUT2D eigenvalue weighted by Gasteiger charge is 2.38. The van der Waals surface area contributed by atoms with Gasteiger partial charge in [0.25, 0.3) is 0 Å². The molecule has 2 heterocycles. The lowest BCUT2D eigenvalue weighted by Crippen LogP contribution is -2.48. The molecule has 0 radical (unpaired) electrons. The van der Waals surface area contributed by atoms with Crippen LogP contribution in [0.15, 0.2) is 35.7 Å². The molecule has 4 rings (SSSR count). The SMILES string of the molecule is Cc1ccc([C@H]2c3ccsc3CCN2C(=O)CN(C(=O)[C@H](C)Cl)C2CC2)cc1. The van der Waals surface area contributed by atoms with Crippen LogP contribution in [0, 0.1) is 6.92 Å². The zero-order chi connectivity index (χ0) is 19.8. The molecule has 2 atom stereocenters. The number of carbonyl (C=O) groups is 2. The van der Waals surface area contributed by atoms with Crippen molar-refractivity contribution in [2.24, 2.45) is 0 Å². The van der Waals surface area contributed by atoms with Gasteiger partial charge in [-0.15, -0.1) is 22.9 Å². The van der Waals surface area contributed by atoms with Crippen LogP contribution in [0.3, 0.4) is 0 Å². The van der Waals surface area contributed by atoms with Crippen LogP contribution in [0.2, 0.25) is 0 Å². The fourth-order valence-corrected chi connectivity index (χ4v) is 4.96. The van der Waals surface area contributed by atoms with Crippen LogP contribution >= 0.6 is 22.9 Å². The van der Waals surface area contributed by atoms with E-state index in [1.165, 1.54) is 16.0 Å². The number of halogens is 1. The number of thiophene rings is 1. The minimum absolute atomic E-state index is 0.00000772. The summed E-state index contributed by atoms with van der Waals surface area (Å²) in [5.41, 5.74) is 3.53. The first-order chi connectivity index (χ1) is 13.5. The molecule has 1 aliphatic carbocycles. The molecule has 0 unspecified atom stereocenters. The summed E-state index contributed by atoms with van der Waals surface area (Å²) in [6.45, 7) is 4.53. The highest BCUT2D eigenvalue weighted by atomic mass is 35.5. The highest BCUT2D eigenvalue weighted by Crippen LogP contribution is 2.38. The number of benzene rings is 1. The molecule has 1 fully saturated rings. The average molecular weight is 417 g/mol. The summed E-state index contributed by atoms with van der Waals surface area (Å²) < 4.78 is 0. The average Bonchev–Trinajstić information content (AvgIpc) is 3.41. The Kier molecular flexibility index (Phi) is 5.48. The molecule has 1 aromatic heterocycles. The van der Waals surface area contributed by atoms with E-state index in [1.807, 2.05) is 4.90 Å². The van der Waals surface area contributed by atoms with Crippen LogP contribution in [0.4, 0.5) is 0 Å². The van der Waals surface area contributed by atoms with Crippen LogP contribution in [0.1, 0.15) is 47.4 Å². The summed E-state index contributed by atoms with van der Waals surface area (Å²) >= 11 is 7.80. The minimum atomic E-state index is -0.605. The van der Waals surface area contributed by atoms with E-state index >= 15 is 0 Å². The van der Waals surface area contributed by atoms with Crippen LogP contribution in [0.5, 0.6) is 0 Å². The Morgan fingerprint density at radius 2 is 1.96 bits per heavy atom. The van der Waals surface area contributed by atoms with Crippen molar-refractivity contribution in [2.75, 3.05) is 13.1 Å². The lowest BCUT2D eigenvalue weighted by molar-refractivity contribution is -0.141. The van der Waals surface area contributed by atoms with Gasteiger partial charge in [-0.05, 0) is 55.7 Å². The highest BCUT2D eigenvalue weighted by molar-refractivity contribution is 7.10. The van der Waals surface area contributed by atoms with E-state index in [0.29, 0.717) is 6.54 Å². The first-order valence-corrected chi connectivity index (χ1v) is 11.1. The van der Waals surface area contributed by atoms with Crippen molar-refractivity contribution in [3.05, 3.63) is 57.3 Å². The number of aryl methyl sites for hydroxylation is 1. The molecule has 2 amide bonds. The molecule has 0 N–H and O–H groups in total. The van der Waals surface area contributed by atoms with Crippen LogP contribution < -0.4 is 0 Å². The van der Waals surface area contributed by atoms with Crippen molar-refractivity contribution >= 4 is 34.8 Å². The predicted molar refractivity (Wildman–Crippen MR) is 113 cm³/mol.